The van der Waals surface area contributed by atoms with E-state index in [0.717, 1.165) is 12.8 Å². The summed E-state index contributed by atoms with van der Waals surface area (Å²) >= 11 is 0. The van der Waals surface area contributed by atoms with Crippen molar-refractivity contribution in [1.82, 2.24) is 0 Å². The number of fused-ring (bicyclic) bond motifs is 4. The second-order valence-corrected chi connectivity index (χ2v) is 8.29. The first kappa shape index (κ1) is 16.6. The number of aliphatic hydroxyl groups is 1. The highest BCUT2D eigenvalue weighted by molar-refractivity contribution is 6.48. The van der Waals surface area contributed by atoms with Crippen LogP contribution in [0.2, 0.25) is 0 Å². The van der Waals surface area contributed by atoms with Crippen molar-refractivity contribution < 1.29 is 9.76 Å². The minimum absolute atomic E-state index is 0.522. The lowest BCUT2D eigenvalue weighted by atomic mass is 9.79. The molecule has 3 heteroatoms. The zero-order valence-electron chi connectivity index (χ0n) is 15.5. The third kappa shape index (κ3) is 2.76. The molecule has 25 heavy (non-hydrogen) atoms. The van der Waals surface area contributed by atoms with Crippen LogP contribution < -0.4 is 5.46 Å². The molecule has 0 fully saturated rings. The van der Waals surface area contributed by atoms with Crippen molar-refractivity contribution in [2.75, 3.05) is 0 Å². The quantitative estimate of drug-likeness (QED) is 0.743. The molecule has 0 radical (unpaired) electrons. The van der Waals surface area contributed by atoms with E-state index in [1.807, 2.05) is 13.8 Å². The van der Waals surface area contributed by atoms with E-state index in [1.54, 1.807) is 13.8 Å². The first-order chi connectivity index (χ1) is 11.8. The largest absolute Gasteiger partial charge is 0.427 e. The van der Waals surface area contributed by atoms with Crippen molar-refractivity contribution in [3.8, 4) is 11.1 Å². The van der Waals surface area contributed by atoms with Crippen LogP contribution in [0, 0.1) is 0 Å². The Hall–Kier alpha value is -1.84. The van der Waals surface area contributed by atoms with E-state index < -0.39 is 11.2 Å². The second-order valence-electron chi connectivity index (χ2n) is 8.29. The monoisotopic (exact) mass is 332 g/mol. The van der Waals surface area contributed by atoms with Crippen molar-refractivity contribution in [2.24, 2.45) is 0 Å². The van der Waals surface area contributed by atoms with Crippen LogP contribution in [0.25, 0.3) is 17.2 Å². The molecule has 0 heterocycles. The molecule has 2 aromatic carbocycles. The molecule has 4 rings (SSSR count). The molecule has 2 aromatic rings. The zero-order chi connectivity index (χ0) is 17.8. The predicted molar refractivity (Wildman–Crippen MR) is 106 cm³/mol. The molecule has 0 atom stereocenters. The van der Waals surface area contributed by atoms with Crippen molar-refractivity contribution in [1.29, 1.82) is 0 Å². The number of hydrogen-bond acceptors (Lipinski definition) is 2. The summed E-state index contributed by atoms with van der Waals surface area (Å²) in [5.41, 5.74) is 8.03. The Morgan fingerprint density at radius 3 is 2.60 bits per heavy atom. The van der Waals surface area contributed by atoms with E-state index in [-0.39, 0.29) is 0 Å². The maximum absolute atomic E-state index is 10.3. The first-order valence-corrected chi connectivity index (χ1v) is 9.06. The highest BCUT2D eigenvalue weighted by Gasteiger charge is 2.36. The third-order valence-corrected chi connectivity index (χ3v) is 5.99. The van der Waals surface area contributed by atoms with E-state index in [0.29, 0.717) is 7.48 Å². The van der Waals surface area contributed by atoms with Gasteiger partial charge in [0.25, 0.3) is 0 Å². The molecule has 0 aliphatic heterocycles. The molecule has 0 unspecified atom stereocenters. The van der Waals surface area contributed by atoms with E-state index >= 15 is 0 Å². The minimum atomic E-state index is -0.888. The lowest BCUT2D eigenvalue weighted by Gasteiger charge is -2.37. The molecule has 0 amide bonds. The number of hydrogen-bond donors (Lipinski definition) is 1. The molecular weight excluding hydrogens is 307 g/mol. The van der Waals surface area contributed by atoms with E-state index in [2.05, 4.69) is 42.5 Å². The first-order valence-electron chi connectivity index (χ1n) is 9.06. The predicted octanol–water partition coefficient (Wildman–Crippen LogP) is 3.37. The third-order valence-electron chi connectivity index (χ3n) is 5.99. The van der Waals surface area contributed by atoms with Crippen molar-refractivity contribution >= 4 is 19.0 Å². The summed E-state index contributed by atoms with van der Waals surface area (Å²) in [7, 11) is 0.522. The van der Waals surface area contributed by atoms with Gasteiger partial charge in [-0.3, -0.25) is 0 Å². The molecule has 2 aliphatic rings. The molecule has 0 bridgehead atoms. The SMILES string of the molecule is CC(C)(O)C(C)(C)OBc1cccc2c1Cc1cc3c(cc1-2)CC=C3. The summed E-state index contributed by atoms with van der Waals surface area (Å²) in [6.07, 6.45) is 6.48. The topological polar surface area (TPSA) is 29.5 Å². The summed E-state index contributed by atoms with van der Waals surface area (Å²) in [6.45, 7) is 7.49. The van der Waals surface area contributed by atoms with Crippen LogP contribution in [-0.4, -0.2) is 23.8 Å². The van der Waals surface area contributed by atoms with E-state index in [1.165, 1.54) is 38.8 Å². The van der Waals surface area contributed by atoms with Gasteiger partial charge in [0, 0.05) is 0 Å². The highest BCUT2D eigenvalue weighted by Crippen LogP contribution is 2.39. The smallest absolute Gasteiger partial charge is 0.309 e. The maximum Gasteiger partial charge on any atom is 0.309 e. The van der Waals surface area contributed by atoms with Gasteiger partial charge in [-0.2, -0.15) is 0 Å². The molecule has 2 aliphatic carbocycles. The Labute approximate surface area is 150 Å². The van der Waals surface area contributed by atoms with Gasteiger partial charge in [0.2, 0.25) is 0 Å². The molecule has 128 valence electrons. The van der Waals surface area contributed by atoms with Crippen LogP contribution in [0.4, 0.5) is 0 Å². The molecule has 0 spiro atoms. The lowest BCUT2D eigenvalue weighted by molar-refractivity contribution is -0.0893. The van der Waals surface area contributed by atoms with Gasteiger partial charge in [-0.05, 0) is 85.4 Å². The Bertz CT molecular complexity index is 872. The van der Waals surface area contributed by atoms with Crippen LogP contribution in [0.1, 0.15) is 49.9 Å². The van der Waals surface area contributed by atoms with Gasteiger partial charge in [-0.1, -0.05) is 36.4 Å². The highest BCUT2D eigenvalue weighted by atomic mass is 16.5. The molecule has 0 aromatic heterocycles. The van der Waals surface area contributed by atoms with Crippen LogP contribution >= 0.6 is 0 Å². The fourth-order valence-corrected chi connectivity index (χ4v) is 3.61. The normalized spacial score (nSPS) is 15.1. The molecule has 0 saturated heterocycles. The summed E-state index contributed by atoms with van der Waals surface area (Å²) in [4.78, 5) is 0. The second kappa shape index (κ2) is 5.58. The zero-order valence-corrected chi connectivity index (χ0v) is 15.5. The maximum atomic E-state index is 10.3. The Morgan fingerprint density at radius 2 is 1.84 bits per heavy atom. The fourth-order valence-electron chi connectivity index (χ4n) is 3.61. The van der Waals surface area contributed by atoms with Crippen LogP contribution in [0.5, 0.6) is 0 Å². The Balaban J connectivity index is 1.64. The van der Waals surface area contributed by atoms with Gasteiger partial charge in [0.1, 0.15) is 0 Å². The number of benzene rings is 2. The molecular formula is C22H25BO2. The van der Waals surface area contributed by atoms with E-state index in [9.17, 15) is 5.11 Å². The summed E-state index contributed by atoms with van der Waals surface area (Å²) < 4.78 is 6.12. The molecule has 2 nitrogen and oxygen atoms in total. The van der Waals surface area contributed by atoms with Crippen LogP contribution in [0.3, 0.4) is 0 Å². The minimum Gasteiger partial charge on any atom is -0.427 e. The van der Waals surface area contributed by atoms with Crippen molar-refractivity contribution in [2.45, 2.75) is 51.7 Å². The standard InChI is InChI=1S/C22H25BO2/c1-21(2,24)22(3,4)25-23-20-10-6-9-17-18-12-15-8-5-7-14(15)11-16(18)13-19(17)20/h5-7,9-12,23-24H,8,13H2,1-4H3. The van der Waals surface area contributed by atoms with Crippen LogP contribution in [-0.2, 0) is 17.5 Å². The van der Waals surface area contributed by atoms with Crippen LogP contribution in [0.15, 0.2) is 36.4 Å². The van der Waals surface area contributed by atoms with Crippen molar-refractivity contribution in [3.63, 3.8) is 0 Å². The summed E-state index contributed by atoms with van der Waals surface area (Å²) in [5.74, 6) is 0. The van der Waals surface area contributed by atoms with Gasteiger partial charge < -0.3 is 9.76 Å². The summed E-state index contributed by atoms with van der Waals surface area (Å²) in [5, 5.41) is 10.3. The van der Waals surface area contributed by atoms with Gasteiger partial charge in [0.05, 0.1) is 11.2 Å². The average Bonchev–Trinajstić information content (AvgIpc) is 3.13. The summed E-state index contributed by atoms with van der Waals surface area (Å²) in [6, 6.07) is 11.2. The van der Waals surface area contributed by atoms with Gasteiger partial charge in [-0.15, -0.1) is 0 Å². The average molecular weight is 332 g/mol. The Kier molecular flexibility index (Phi) is 3.71. The van der Waals surface area contributed by atoms with Gasteiger partial charge in [-0.25, -0.2) is 0 Å². The molecule has 0 saturated carbocycles. The van der Waals surface area contributed by atoms with Gasteiger partial charge in [0.15, 0.2) is 0 Å². The van der Waals surface area contributed by atoms with E-state index in [4.69, 9.17) is 4.65 Å². The Morgan fingerprint density at radius 1 is 1.04 bits per heavy atom. The molecule has 1 N–H and O–H groups in total. The number of allylic oxidation sites excluding steroid dienone is 1. The van der Waals surface area contributed by atoms with Gasteiger partial charge >= 0.3 is 7.48 Å². The fraction of sp³-hybridized carbons (Fsp3) is 0.364. The lowest BCUT2D eigenvalue weighted by Crippen LogP contribution is -2.49. The van der Waals surface area contributed by atoms with Crippen molar-refractivity contribution in [3.05, 3.63) is 58.7 Å². The number of rotatable bonds is 4.